The Hall–Kier alpha value is -1.16. The number of aromatic nitrogens is 1. The quantitative estimate of drug-likeness (QED) is 0.862. The van der Waals surface area contributed by atoms with E-state index in [4.69, 9.17) is 18.0 Å². The van der Waals surface area contributed by atoms with Crippen molar-refractivity contribution in [3.63, 3.8) is 0 Å². The van der Waals surface area contributed by atoms with Gasteiger partial charge in [0, 0.05) is 19.3 Å². The van der Waals surface area contributed by atoms with E-state index in [0.717, 1.165) is 36.0 Å². The molecule has 0 bridgehead atoms. The van der Waals surface area contributed by atoms with Gasteiger partial charge < -0.3 is 10.6 Å². The summed E-state index contributed by atoms with van der Waals surface area (Å²) in [5, 5.41) is 0. The molecule has 1 atom stereocenters. The van der Waals surface area contributed by atoms with Gasteiger partial charge in [0.2, 0.25) is 0 Å². The molecule has 19 heavy (non-hydrogen) atoms. The largest absolute Gasteiger partial charge is 0.389 e. The lowest BCUT2D eigenvalue weighted by Gasteiger charge is -2.24. The summed E-state index contributed by atoms with van der Waals surface area (Å²) in [6, 6.07) is 1.98. The molecule has 3 nitrogen and oxygen atoms in total. The lowest BCUT2D eigenvalue weighted by atomic mass is 9.98. The van der Waals surface area contributed by atoms with Gasteiger partial charge in [-0.3, -0.25) is 0 Å². The molecule has 0 spiro atoms. The monoisotopic (exact) mass is 277 g/mol. The van der Waals surface area contributed by atoms with E-state index >= 15 is 0 Å². The second kappa shape index (κ2) is 6.33. The molecule has 1 aromatic heterocycles. The fourth-order valence-electron chi connectivity index (χ4n) is 2.87. The highest BCUT2D eigenvalue weighted by Gasteiger charge is 2.20. The molecule has 0 aromatic carbocycles. The number of pyridine rings is 1. The maximum atomic E-state index is 5.88. The molecule has 2 rings (SSSR count). The zero-order valence-electron chi connectivity index (χ0n) is 11.9. The lowest BCUT2D eigenvalue weighted by molar-refractivity contribution is 0.459. The van der Waals surface area contributed by atoms with Crippen molar-refractivity contribution in [3.8, 4) is 0 Å². The summed E-state index contributed by atoms with van der Waals surface area (Å²) >= 11 is 5.20. The molecular weight excluding hydrogens is 254 g/mol. The van der Waals surface area contributed by atoms with Crippen molar-refractivity contribution in [3.05, 3.63) is 23.4 Å². The van der Waals surface area contributed by atoms with Gasteiger partial charge in [-0.2, -0.15) is 0 Å². The summed E-state index contributed by atoms with van der Waals surface area (Å²) in [4.78, 5) is 7.35. The zero-order valence-corrected chi connectivity index (χ0v) is 12.7. The van der Waals surface area contributed by atoms with Crippen molar-refractivity contribution < 1.29 is 0 Å². The Morgan fingerprint density at radius 1 is 1.47 bits per heavy atom. The topological polar surface area (TPSA) is 42.2 Å². The second-order valence-electron chi connectivity index (χ2n) is 5.38. The predicted molar refractivity (Wildman–Crippen MR) is 84.7 cm³/mol. The Labute approximate surface area is 121 Å². The maximum absolute atomic E-state index is 5.88. The van der Waals surface area contributed by atoms with Gasteiger partial charge >= 0.3 is 0 Å². The Morgan fingerprint density at radius 2 is 2.26 bits per heavy atom. The Morgan fingerprint density at radius 3 is 2.95 bits per heavy atom. The number of anilines is 1. The van der Waals surface area contributed by atoms with Gasteiger partial charge in [0.05, 0.1) is 5.56 Å². The maximum Gasteiger partial charge on any atom is 0.139 e. The Bertz CT molecular complexity index is 459. The average Bonchev–Trinajstić information content (AvgIpc) is 2.63. The summed E-state index contributed by atoms with van der Waals surface area (Å²) in [5.74, 6) is 1.83. The van der Waals surface area contributed by atoms with Crippen molar-refractivity contribution >= 4 is 23.0 Å². The van der Waals surface area contributed by atoms with E-state index in [0.29, 0.717) is 4.99 Å². The molecule has 2 N–H and O–H groups in total. The third-order valence-electron chi connectivity index (χ3n) is 4.11. The van der Waals surface area contributed by atoms with Gasteiger partial charge in [-0.25, -0.2) is 4.98 Å². The van der Waals surface area contributed by atoms with E-state index in [1.54, 1.807) is 0 Å². The molecule has 1 aliphatic heterocycles. The summed E-state index contributed by atoms with van der Waals surface area (Å²) in [7, 11) is 0. The van der Waals surface area contributed by atoms with Crippen molar-refractivity contribution in [2.24, 2.45) is 11.7 Å². The number of hydrogen-bond acceptors (Lipinski definition) is 3. The first-order chi connectivity index (χ1) is 9.13. The van der Waals surface area contributed by atoms with E-state index in [-0.39, 0.29) is 0 Å². The molecule has 0 saturated carbocycles. The molecule has 2 heterocycles. The van der Waals surface area contributed by atoms with Gasteiger partial charge in [0.25, 0.3) is 0 Å². The van der Waals surface area contributed by atoms with Crippen LogP contribution in [0, 0.1) is 12.8 Å². The van der Waals surface area contributed by atoms with Crippen molar-refractivity contribution in [2.75, 3.05) is 18.0 Å². The van der Waals surface area contributed by atoms with Crippen LogP contribution in [0.2, 0.25) is 0 Å². The van der Waals surface area contributed by atoms with E-state index in [1.165, 1.54) is 25.7 Å². The molecular formula is C15H23N3S. The highest BCUT2D eigenvalue weighted by atomic mass is 32.1. The van der Waals surface area contributed by atoms with Crippen LogP contribution < -0.4 is 10.6 Å². The normalized spacial score (nSPS) is 20.1. The van der Waals surface area contributed by atoms with Gasteiger partial charge in [-0.15, -0.1) is 0 Å². The molecule has 104 valence electrons. The van der Waals surface area contributed by atoms with Crippen LogP contribution in [0.25, 0.3) is 0 Å². The molecule has 1 fully saturated rings. The highest BCUT2D eigenvalue weighted by Crippen LogP contribution is 2.26. The minimum Gasteiger partial charge on any atom is -0.389 e. The number of nitrogens with two attached hydrogens (primary N) is 1. The first-order valence-corrected chi connectivity index (χ1v) is 7.54. The fourth-order valence-corrected chi connectivity index (χ4v) is 3.13. The van der Waals surface area contributed by atoms with Crippen LogP contribution in [0.1, 0.15) is 43.7 Å². The first-order valence-electron chi connectivity index (χ1n) is 7.13. The number of thiocarbonyl (C=S) groups is 1. The van der Waals surface area contributed by atoms with Crippen LogP contribution in [0.3, 0.4) is 0 Å². The van der Waals surface area contributed by atoms with Gasteiger partial charge in [-0.1, -0.05) is 25.6 Å². The van der Waals surface area contributed by atoms with E-state index in [1.807, 2.05) is 19.2 Å². The van der Waals surface area contributed by atoms with Crippen LogP contribution in [0.4, 0.5) is 5.82 Å². The van der Waals surface area contributed by atoms with Crippen molar-refractivity contribution in [1.29, 1.82) is 0 Å². The standard InChI is InChI=1S/C15H23N3S/c1-3-12-5-4-9-18(10-7-12)15-13(14(16)19)11(2)6-8-17-15/h6,8,12H,3-5,7,9-10H2,1-2H3,(H2,16,19). The van der Waals surface area contributed by atoms with Crippen LogP contribution in [-0.2, 0) is 0 Å². The third kappa shape index (κ3) is 3.24. The van der Waals surface area contributed by atoms with Crippen LogP contribution >= 0.6 is 12.2 Å². The number of aryl methyl sites for hydroxylation is 1. The molecule has 1 unspecified atom stereocenters. The molecule has 4 heteroatoms. The summed E-state index contributed by atoms with van der Waals surface area (Å²) in [6.45, 7) is 6.45. The minimum atomic E-state index is 0.455. The Balaban J connectivity index is 2.26. The first kappa shape index (κ1) is 14.3. The van der Waals surface area contributed by atoms with E-state index in [2.05, 4.69) is 16.8 Å². The molecule has 0 aliphatic carbocycles. The van der Waals surface area contributed by atoms with Gasteiger partial charge in [0.15, 0.2) is 0 Å². The van der Waals surface area contributed by atoms with Crippen molar-refractivity contribution in [2.45, 2.75) is 39.5 Å². The SMILES string of the molecule is CCC1CCCN(c2nccc(C)c2C(N)=S)CC1. The molecule has 1 aromatic rings. The smallest absolute Gasteiger partial charge is 0.139 e. The average molecular weight is 277 g/mol. The molecule has 0 amide bonds. The molecule has 1 aliphatic rings. The number of hydrogen-bond donors (Lipinski definition) is 1. The Kier molecular flexibility index (Phi) is 4.75. The van der Waals surface area contributed by atoms with E-state index in [9.17, 15) is 0 Å². The number of nitrogens with zero attached hydrogens (tertiary/aromatic N) is 2. The van der Waals surface area contributed by atoms with Gasteiger partial charge in [0.1, 0.15) is 10.8 Å². The summed E-state index contributed by atoms with van der Waals surface area (Å²) in [5.41, 5.74) is 7.95. The summed E-state index contributed by atoms with van der Waals surface area (Å²) < 4.78 is 0. The zero-order chi connectivity index (χ0) is 13.8. The predicted octanol–water partition coefficient (Wildman–Crippen LogP) is 3.04. The lowest BCUT2D eigenvalue weighted by Crippen LogP contribution is -2.28. The van der Waals surface area contributed by atoms with Crippen LogP contribution in [0.15, 0.2) is 12.3 Å². The molecule has 1 saturated heterocycles. The van der Waals surface area contributed by atoms with Crippen LogP contribution in [0.5, 0.6) is 0 Å². The summed E-state index contributed by atoms with van der Waals surface area (Å²) in [6.07, 6.45) is 6.92. The number of rotatable bonds is 3. The van der Waals surface area contributed by atoms with Crippen molar-refractivity contribution in [1.82, 2.24) is 4.98 Å². The van der Waals surface area contributed by atoms with Crippen LogP contribution in [-0.4, -0.2) is 23.1 Å². The van der Waals surface area contributed by atoms with E-state index < -0.39 is 0 Å². The second-order valence-corrected chi connectivity index (χ2v) is 5.82. The third-order valence-corrected chi connectivity index (χ3v) is 4.31. The minimum absolute atomic E-state index is 0.455. The molecule has 0 radical (unpaired) electrons. The van der Waals surface area contributed by atoms with Gasteiger partial charge in [-0.05, 0) is 43.7 Å². The fraction of sp³-hybridized carbons (Fsp3) is 0.600. The highest BCUT2D eigenvalue weighted by molar-refractivity contribution is 7.80.